The van der Waals surface area contributed by atoms with Crippen molar-refractivity contribution < 1.29 is 4.79 Å². The molecule has 0 unspecified atom stereocenters. The van der Waals surface area contributed by atoms with E-state index in [1.165, 1.54) is 11.5 Å². The molecule has 1 aromatic heterocycles. The van der Waals surface area contributed by atoms with Gasteiger partial charge in [0.2, 0.25) is 11.0 Å². The molecule has 2 heterocycles. The Balaban J connectivity index is 1.81. The van der Waals surface area contributed by atoms with Crippen molar-refractivity contribution in [3.05, 3.63) is 5.82 Å². The van der Waals surface area contributed by atoms with Crippen LogP contribution in [0.2, 0.25) is 0 Å². The predicted molar refractivity (Wildman–Crippen MR) is 90.3 cm³/mol. The summed E-state index contributed by atoms with van der Waals surface area (Å²) in [5.41, 5.74) is 0. The minimum Gasteiger partial charge on any atom is -0.343 e. The van der Waals surface area contributed by atoms with Crippen molar-refractivity contribution in [2.24, 2.45) is 0 Å². The lowest BCUT2D eigenvalue weighted by Gasteiger charge is -2.34. The molecule has 0 bridgehead atoms. The molecule has 1 fully saturated rings. The molecule has 1 amide bonds. The van der Waals surface area contributed by atoms with Crippen LogP contribution in [0.15, 0.2) is 0 Å². The first kappa shape index (κ1) is 16.5. The Morgan fingerprint density at radius 2 is 1.95 bits per heavy atom. The molecule has 0 N–H and O–H groups in total. The standard InChI is InChI=1S/C14H24N4OS2/c1-5-11-15-13(21-16-11)18-8-6-17(7-9-18)12(19)10-20-14(2,3)4/h5-10H2,1-4H3. The third kappa shape index (κ3) is 4.85. The minimum absolute atomic E-state index is 0.139. The molecule has 0 spiro atoms. The molecule has 7 heteroatoms. The monoisotopic (exact) mass is 328 g/mol. The molecular weight excluding hydrogens is 304 g/mol. The van der Waals surface area contributed by atoms with Gasteiger partial charge in [-0.15, -0.1) is 11.8 Å². The summed E-state index contributed by atoms with van der Waals surface area (Å²) in [5.74, 6) is 1.73. The summed E-state index contributed by atoms with van der Waals surface area (Å²) in [6, 6.07) is 0. The summed E-state index contributed by atoms with van der Waals surface area (Å²) in [6.07, 6.45) is 0.874. The first-order chi connectivity index (χ1) is 9.89. The Morgan fingerprint density at radius 1 is 1.29 bits per heavy atom. The second-order valence-corrected chi connectivity index (χ2v) is 8.65. The Bertz CT molecular complexity index is 476. The first-order valence-corrected chi connectivity index (χ1v) is 9.14. The van der Waals surface area contributed by atoms with E-state index in [-0.39, 0.29) is 10.7 Å². The number of piperazine rings is 1. The number of carbonyl (C=O) groups excluding carboxylic acids is 1. The smallest absolute Gasteiger partial charge is 0.232 e. The molecule has 1 aliphatic heterocycles. The van der Waals surface area contributed by atoms with Gasteiger partial charge in [0.1, 0.15) is 5.82 Å². The third-order valence-corrected chi connectivity index (χ3v) is 5.38. The van der Waals surface area contributed by atoms with Crippen LogP contribution in [-0.2, 0) is 11.2 Å². The fourth-order valence-electron chi connectivity index (χ4n) is 2.03. The van der Waals surface area contributed by atoms with E-state index in [1.807, 2.05) is 4.90 Å². The quantitative estimate of drug-likeness (QED) is 0.849. The molecule has 0 radical (unpaired) electrons. The number of anilines is 1. The van der Waals surface area contributed by atoms with Gasteiger partial charge < -0.3 is 9.80 Å². The largest absolute Gasteiger partial charge is 0.343 e. The maximum absolute atomic E-state index is 12.2. The van der Waals surface area contributed by atoms with Crippen molar-refractivity contribution in [3.8, 4) is 0 Å². The van der Waals surface area contributed by atoms with E-state index in [0.717, 1.165) is 43.6 Å². The average molecular weight is 329 g/mol. The Kier molecular flexibility index (Phi) is 5.48. The fraction of sp³-hybridized carbons (Fsp3) is 0.786. The summed E-state index contributed by atoms with van der Waals surface area (Å²) in [7, 11) is 0. The van der Waals surface area contributed by atoms with E-state index in [4.69, 9.17) is 0 Å². The number of aromatic nitrogens is 2. The molecule has 5 nitrogen and oxygen atoms in total. The van der Waals surface area contributed by atoms with Crippen LogP contribution in [0.5, 0.6) is 0 Å². The van der Waals surface area contributed by atoms with Gasteiger partial charge >= 0.3 is 0 Å². The lowest BCUT2D eigenvalue weighted by atomic mass is 10.3. The van der Waals surface area contributed by atoms with Crippen LogP contribution < -0.4 is 4.90 Å². The molecule has 118 valence electrons. The molecule has 1 saturated heterocycles. The van der Waals surface area contributed by atoms with E-state index in [1.54, 1.807) is 11.8 Å². The number of rotatable bonds is 4. The van der Waals surface area contributed by atoms with Gasteiger partial charge in [-0.25, -0.2) is 4.98 Å². The topological polar surface area (TPSA) is 49.3 Å². The highest BCUT2D eigenvalue weighted by Gasteiger charge is 2.24. The van der Waals surface area contributed by atoms with Crippen molar-refractivity contribution in [2.45, 2.75) is 38.9 Å². The highest BCUT2D eigenvalue weighted by molar-refractivity contribution is 8.01. The molecule has 21 heavy (non-hydrogen) atoms. The summed E-state index contributed by atoms with van der Waals surface area (Å²) in [5, 5.41) is 0.989. The minimum atomic E-state index is 0.139. The Labute approximate surface area is 135 Å². The lowest BCUT2D eigenvalue weighted by Crippen LogP contribution is -2.49. The second-order valence-electron chi connectivity index (χ2n) is 6.12. The fourth-order valence-corrected chi connectivity index (χ4v) is 3.57. The molecule has 0 aromatic carbocycles. The van der Waals surface area contributed by atoms with Gasteiger partial charge in [-0.05, 0) is 0 Å². The Hall–Kier alpha value is -0.820. The van der Waals surface area contributed by atoms with Gasteiger partial charge in [0.05, 0.1) is 5.75 Å². The highest BCUT2D eigenvalue weighted by atomic mass is 32.2. The number of amides is 1. The molecule has 1 aromatic rings. The van der Waals surface area contributed by atoms with Crippen LogP contribution in [0, 0.1) is 0 Å². The summed E-state index contributed by atoms with van der Waals surface area (Å²) in [6.45, 7) is 11.8. The summed E-state index contributed by atoms with van der Waals surface area (Å²) >= 11 is 3.17. The maximum Gasteiger partial charge on any atom is 0.232 e. The van der Waals surface area contributed by atoms with Crippen molar-refractivity contribution in [3.63, 3.8) is 0 Å². The zero-order valence-corrected chi connectivity index (χ0v) is 14.9. The first-order valence-electron chi connectivity index (χ1n) is 7.38. The maximum atomic E-state index is 12.2. The van der Waals surface area contributed by atoms with Gasteiger partial charge in [0.15, 0.2) is 0 Å². The van der Waals surface area contributed by atoms with Crippen molar-refractivity contribution in [1.29, 1.82) is 0 Å². The number of aryl methyl sites for hydroxylation is 1. The zero-order valence-electron chi connectivity index (χ0n) is 13.3. The van der Waals surface area contributed by atoms with Crippen LogP contribution in [0.4, 0.5) is 5.13 Å². The average Bonchev–Trinajstić information content (AvgIpc) is 2.93. The van der Waals surface area contributed by atoms with Gasteiger partial charge in [-0.1, -0.05) is 27.7 Å². The predicted octanol–water partition coefficient (Wildman–Crippen LogP) is 2.28. The summed E-state index contributed by atoms with van der Waals surface area (Å²) < 4.78 is 4.46. The van der Waals surface area contributed by atoms with Crippen molar-refractivity contribution in [1.82, 2.24) is 14.3 Å². The van der Waals surface area contributed by atoms with Crippen molar-refractivity contribution in [2.75, 3.05) is 36.8 Å². The highest BCUT2D eigenvalue weighted by Crippen LogP contribution is 2.24. The van der Waals surface area contributed by atoms with Crippen LogP contribution in [0.25, 0.3) is 0 Å². The van der Waals surface area contributed by atoms with Gasteiger partial charge in [-0.2, -0.15) is 4.37 Å². The molecule has 0 atom stereocenters. The van der Waals surface area contributed by atoms with Crippen LogP contribution in [-0.4, -0.2) is 56.8 Å². The SMILES string of the molecule is CCc1nsc(N2CCN(C(=O)CSC(C)(C)C)CC2)n1. The van der Waals surface area contributed by atoms with Gasteiger partial charge in [-0.3, -0.25) is 4.79 Å². The van der Waals surface area contributed by atoms with E-state index >= 15 is 0 Å². The van der Waals surface area contributed by atoms with E-state index in [2.05, 4.69) is 42.0 Å². The van der Waals surface area contributed by atoms with Crippen LogP contribution in [0.1, 0.15) is 33.5 Å². The number of hydrogen-bond donors (Lipinski definition) is 0. The van der Waals surface area contributed by atoms with Crippen LogP contribution >= 0.6 is 23.3 Å². The number of thioether (sulfide) groups is 1. The molecule has 0 aliphatic carbocycles. The van der Waals surface area contributed by atoms with E-state index in [9.17, 15) is 4.79 Å². The second kappa shape index (κ2) is 6.96. The van der Waals surface area contributed by atoms with Gasteiger partial charge in [0, 0.05) is 48.9 Å². The van der Waals surface area contributed by atoms with Crippen LogP contribution in [0.3, 0.4) is 0 Å². The molecular formula is C14H24N4OS2. The van der Waals surface area contributed by atoms with E-state index in [0.29, 0.717) is 5.75 Å². The number of nitrogens with zero attached hydrogens (tertiary/aromatic N) is 4. The third-order valence-electron chi connectivity index (χ3n) is 3.31. The molecule has 0 saturated carbocycles. The Morgan fingerprint density at radius 3 is 2.48 bits per heavy atom. The number of hydrogen-bond acceptors (Lipinski definition) is 6. The summed E-state index contributed by atoms with van der Waals surface area (Å²) in [4.78, 5) is 20.9. The normalized spacial score (nSPS) is 16.4. The van der Waals surface area contributed by atoms with Gasteiger partial charge in [0.25, 0.3) is 0 Å². The van der Waals surface area contributed by atoms with E-state index < -0.39 is 0 Å². The molecule has 1 aliphatic rings. The zero-order chi connectivity index (χ0) is 15.5. The van der Waals surface area contributed by atoms with Crippen molar-refractivity contribution >= 4 is 34.3 Å². The number of carbonyl (C=O) groups is 1. The molecule has 2 rings (SSSR count). The lowest BCUT2D eigenvalue weighted by molar-refractivity contribution is -0.128.